The van der Waals surface area contributed by atoms with Crippen molar-refractivity contribution in [2.45, 2.75) is 13.0 Å². The lowest BCUT2D eigenvalue weighted by atomic mass is 10.1. The summed E-state index contributed by atoms with van der Waals surface area (Å²) < 4.78 is 13.7. The summed E-state index contributed by atoms with van der Waals surface area (Å²) in [5, 5.41) is 3.44. The van der Waals surface area contributed by atoms with Crippen LogP contribution in [0.1, 0.15) is 17.3 Å². The number of benzene rings is 1. The maximum Gasteiger partial charge on any atom is 0.255 e. The standard InChI is InChI=1S/C12H13ClFIN2O.ClH/c1-7-6-17(3-2-16-7)12(18)8-4-11(15)10(14)5-9(8)13;/h4-5,7,16H,2-3,6H2,1H3;1H/t7-;/m0./s1. The van der Waals surface area contributed by atoms with Crippen LogP contribution in [0, 0.1) is 9.39 Å². The van der Waals surface area contributed by atoms with Crippen molar-refractivity contribution in [1.29, 1.82) is 0 Å². The molecule has 1 aromatic rings. The Morgan fingerprint density at radius 2 is 2.26 bits per heavy atom. The third kappa shape index (κ3) is 3.93. The smallest absolute Gasteiger partial charge is 0.255 e. The highest BCUT2D eigenvalue weighted by Gasteiger charge is 2.24. The fourth-order valence-corrected chi connectivity index (χ4v) is 2.67. The maximum atomic E-state index is 13.3. The molecule has 0 radical (unpaired) electrons. The molecule has 1 amide bonds. The molecule has 0 unspecified atom stereocenters. The van der Waals surface area contributed by atoms with Crippen LogP contribution >= 0.6 is 46.6 Å². The van der Waals surface area contributed by atoms with Crippen molar-refractivity contribution in [3.63, 3.8) is 0 Å². The Bertz CT molecular complexity index is 487. The first-order valence-corrected chi connectivity index (χ1v) is 7.12. The summed E-state index contributed by atoms with van der Waals surface area (Å²) in [5.74, 6) is -0.530. The van der Waals surface area contributed by atoms with E-state index in [4.69, 9.17) is 11.6 Å². The largest absolute Gasteiger partial charge is 0.336 e. The molecule has 2 rings (SSSR count). The number of carbonyl (C=O) groups is 1. The molecule has 1 fully saturated rings. The number of carbonyl (C=O) groups excluding carboxylic acids is 1. The zero-order valence-electron chi connectivity index (χ0n) is 10.3. The van der Waals surface area contributed by atoms with E-state index in [0.29, 0.717) is 22.2 Å². The van der Waals surface area contributed by atoms with Crippen molar-refractivity contribution < 1.29 is 9.18 Å². The molecule has 106 valence electrons. The van der Waals surface area contributed by atoms with E-state index in [0.717, 1.165) is 6.54 Å². The highest BCUT2D eigenvalue weighted by molar-refractivity contribution is 14.1. The highest BCUT2D eigenvalue weighted by Crippen LogP contribution is 2.23. The van der Waals surface area contributed by atoms with Crippen molar-refractivity contribution in [3.8, 4) is 0 Å². The van der Waals surface area contributed by atoms with Crippen LogP contribution < -0.4 is 5.32 Å². The summed E-state index contributed by atoms with van der Waals surface area (Å²) in [6.45, 7) is 4.08. The molecule has 0 spiro atoms. The number of hydrogen-bond acceptors (Lipinski definition) is 2. The van der Waals surface area contributed by atoms with Gasteiger partial charge in [0.25, 0.3) is 5.91 Å². The van der Waals surface area contributed by atoms with Gasteiger partial charge in [-0.15, -0.1) is 12.4 Å². The van der Waals surface area contributed by atoms with Crippen LogP contribution in [0.25, 0.3) is 0 Å². The highest BCUT2D eigenvalue weighted by atomic mass is 127. The van der Waals surface area contributed by atoms with E-state index in [1.165, 1.54) is 12.1 Å². The van der Waals surface area contributed by atoms with Crippen LogP contribution in [0.5, 0.6) is 0 Å². The molecule has 1 aromatic carbocycles. The first kappa shape index (κ1) is 16.9. The molecule has 1 N–H and O–H groups in total. The quantitative estimate of drug-likeness (QED) is 0.561. The predicted molar refractivity (Wildman–Crippen MR) is 84.7 cm³/mol. The monoisotopic (exact) mass is 418 g/mol. The topological polar surface area (TPSA) is 32.3 Å². The van der Waals surface area contributed by atoms with E-state index in [9.17, 15) is 9.18 Å². The minimum absolute atomic E-state index is 0. The van der Waals surface area contributed by atoms with Gasteiger partial charge in [-0.05, 0) is 41.6 Å². The van der Waals surface area contributed by atoms with E-state index in [2.05, 4.69) is 5.32 Å². The molecule has 0 saturated carbocycles. The van der Waals surface area contributed by atoms with Crippen LogP contribution in [-0.2, 0) is 0 Å². The van der Waals surface area contributed by atoms with Crippen LogP contribution in [0.3, 0.4) is 0 Å². The Balaban J connectivity index is 0.00000180. The van der Waals surface area contributed by atoms with Crippen molar-refractivity contribution >= 4 is 52.5 Å². The third-order valence-corrected chi connectivity index (χ3v) is 4.04. The molecule has 1 atom stereocenters. The molecule has 1 heterocycles. The average Bonchev–Trinajstić information content (AvgIpc) is 2.33. The molecule has 1 aliphatic heterocycles. The number of nitrogens with one attached hydrogen (secondary N) is 1. The lowest BCUT2D eigenvalue weighted by Gasteiger charge is -2.32. The second-order valence-electron chi connectivity index (χ2n) is 4.35. The fraction of sp³-hybridized carbons (Fsp3) is 0.417. The van der Waals surface area contributed by atoms with E-state index < -0.39 is 5.82 Å². The van der Waals surface area contributed by atoms with Gasteiger partial charge in [0.15, 0.2) is 0 Å². The Morgan fingerprint density at radius 1 is 1.58 bits per heavy atom. The fourth-order valence-electron chi connectivity index (χ4n) is 1.97. The molecule has 0 bridgehead atoms. The van der Waals surface area contributed by atoms with Gasteiger partial charge in [0.2, 0.25) is 0 Å². The minimum atomic E-state index is -0.397. The SMILES string of the molecule is C[C@H]1CN(C(=O)c2cc(I)c(F)cc2Cl)CCN1.Cl. The average molecular weight is 419 g/mol. The third-order valence-electron chi connectivity index (χ3n) is 2.90. The lowest BCUT2D eigenvalue weighted by molar-refractivity contribution is 0.0709. The van der Waals surface area contributed by atoms with E-state index in [1.54, 1.807) is 4.90 Å². The first-order chi connectivity index (χ1) is 8.49. The van der Waals surface area contributed by atoms with Crippen molar-refractivity contribution in [1.82, 2.24) is 10.2 Å². The van der Waals surface area contributed by atoms with E-state index in [1.807, 2.05) is 29.5 Å². The van der Waals surface area contributed by atoms with Crippen LogP contribution in [-0.4, -0.2) is 36.5 Å². The predicted octanol–water partition coefficient (Wildman–Crippen LogP) is 2.94. The van der Waals surface area contributed by atoms with Crippen LogP contribution in [0.2, 0.25) is 5.02 Å². The number of rotatable bonds is 1. The summed E-state index contributed by atoms with van der Waals surface area (Å²) in [5.41, 5.74) is 0.372. The summed E-state index contributed by atoms with van der Waals surface area (Å²) >= 11 is 7.80. The van der Waals surface area contributed by atoms with Gasteiger partial charge in [-0.3, -0.25) is 4.79 Å². The van der Waals surface area contributed by atoms with Crippen molar-refractivity contribution in [2.75, 3.05) is 19.6 Å². The Kier molecular flexibility index (Phi) is 6.29. The molecular weight excluding hydrogens is 405 g/mol. The number of hydrogen-bond donors (Lipinski definition) is 1. The Labute approximate surface area is 136 Å². The first-order valence-electron chi connectivity index (χ1n) is 5.66. The Morgan fingerprint density at radius 3 is 2.89 bits per heavy atom. The number of amides is 1. The number of piperazine rings is 1. The number of nitrogens with zero attached hydrogens (tertiary/aromatic N) is 1. The summed E-state index contributed by atoms with van der Waals surface area (Å²) in [6, 6.07) is 2.97. The van der Waals surface area contributed by atoms with Crippen LogP contribution in [0.15, 0.2) is 12.1 Å². The van der Waals surface area contributed by atoms with Gasteiger partial charge < -0.3 is 10.2 Å². The van der Waals surface area contributed by atoms with Crippen molar-refractivity contribution in [3.05, 3.63) is 32.1 Å². The van der Waals surface area contributed by atoms with Crippen molar-refractivity contribution in [2.24, 2.45) is 0 Å². The van der Waals surface area contributed by atoms with Gasteiger partial charge in [0, 0.05) is 29.2 Å². The minimum Gasteiger partial charge on any atom is -0.336 e. The van der Waals surface area contributed by atoms with Gasteiger partial charge in [-0.2, -0.15) is 0 Å². The van der Waals surface area contributed by atoms with Crippen LogP contribution in [0.4, 0.5) is 4.39 Å². The second-order valence-corrected chi connectivity index (χ2v) is 5.92. The molecule has 3 nitrogen and oxygen atoms in total. The lowest BCUT2D eigenvalue weighted by Crippen LogP contribution is -2.51. The normalized spacial score (nSPS) is 18.9. The van der Waals surface area contributed by atoms with Gasteiger partial charge in [-0.25, -0.2) is 4.39 Å². The van der Waals surface area contributed by atoms with Gasteiger partial charge in [-0.1, -0.05) is 11.6 Å². The second kappa shape index (κ2) is 7.06. The molecule has 0 aromatic heterocycles. The van der Waals surface area contributed by atoms with E-state index >= 15 is 0 Å². The van der Waals surface area contributed by atoms with Gasteiger partial charge in [0.1, 0.15) is 5.82 Å². The molecule has 1 saturated heterocycles. The molecule has 7 heteroatoms. The summed E-state index contributed by atoms with van der Waals surface area (Å²) in [7, 11) is 0. The van der Waals surface area contributed by atoms with Gasteiger partial charge >= 0.3 is 0 Å². The molecule has 1 aliphatic rings. The molecule has 0 aliphatic carbocycles. The molecular formula is C12H14Cl2FIN2O. The van der Waals surface area contributed by atoms with Gasteiger partial charge in [0.05, 0.1) is 10.6 Å². The Hall–Kier alpha value is -0.110. The maximum absolute atomic E-state index is 13.3. The zero-order chi connectivity index (χ0) is 13.3. The summed E-state index contributed by atoms with van der Waals surface area (Å²) in [4.78, 5) is 14.1. The number of halogens is 4. The summed E-state index contributed by atoms with van der Waals surface area (Å²) in [6.07, 6.45) is 0. The van der Waals surface area contributed by atoms with E-state index in [-0.39, 0.29) is 29.4 Å². The zero-order valence-corrected chi connectivity index (χ0v) is 14.0. The molecule has 19 heavy (non-hydrogen) atoms.